The van der Waals surface area contributed by atoms with Crippen LogP contribution in [0.2, 0.25) is 0 Å². The Balaban J connectivity index is 1.43. The second-order valence-electron chi connectivity index (χ2n) is 7.58. The number of hydrogen-bond donors (Lipinski definition) is 1. The van der Waals surface area contributed by atoms with Crippen molar-refractivity contribution in [3.8, 4) is 5.75 Å². The van der Waals surface area contributed by atoms with E-state index >= 15 is 0 Å². The molecule has 182 valence electrons. The molecule has 0 aliphatic heterocycles. The van der Waals surface area contributed by atoms with Gasteiger partial charge in [0.2, 0.25) is 5.91 Å². The van der Waals surface area contributed by atoms with Crippen LogP contribution >= 0.6 is 11.8 Å². The van der Waals surface area contributed by atoms with E-state index in [0.29, 0.717) is 29.0 Å². The lowest BCUT2D eigenvalue weighted by molar-refractivity contribution is -0.137. The van der Waals surface area contributed by atoms with Gasteiger partial charge in [-0.1, -0.05) is 35.5 Å². The maximum Gasteiger partial charge on any atom is 0.416 e. The van der Waals surface area contributed by atoms with Crippen LogP contribution in [0.15, 0.2) is 76.5 Å². The summed E-state index contributed by atoms with van der Waals surface area (Å²) in [5, 5.41) is 11.3. The summed E-state index contributed by atoms with van der Waals surface area (Å²) in [4.78, 5) is 12.4. The third-order valence-electron chi connectivity index (χ3n) is 4.88. The highest BCUT2D eigenvalue weighted by Crippen LogP contribution is 2.30. The van der Waals surface area contributed by atoms with Gasteiger partial charge in [0.25, 0.3) is 0 Å². The zero-order valence-corrected chi connectivity index (χ0v) is 19.4. The molecule has 35 heavy (non-hydrogen) atoms. The highest BCUT2D eigenvalue weighted by Gasteiger charge is 2.30. The topological polar surface area (TPSA) is 82.2 Å². The summed E-state index contributed by atoms with van der Waals surface area (Å²) in [6, 6.07) is 15.6. The Morgan fingerprint density at radius 3 is 2.63 bits per heavy atom. The molecular weight excluding hydrogens is 481 g/mol. The molecule has 1 amide bonds. The lowest BCUT2D eigenvalue weighted by atomic mass is 10.2. The van der Waals surface area contributed by atoms with Crippen molar-refractivity contribution in [2.45, 2.75) is 31.4 Å². The van der Waals surface area contributed by atoms with Gasteiger partial charge in [-0.05, 0) is 49.4 Å². The van der Waals surface area contributed by atoms with Gasteiger partial charge < -0.3 is 14.5 Å². The average molecular weight is 503 g/mol. The molecule has 2 aromatic heterocycles. The molecule has 4 rings (SSSR count). The number of benzene rings is 2. The van der Waals surface area contributed by atoms with E-state index in [1.807, 2.05) is 31.2 Å². The van der Waals surface area contributed by atoms with Gasteiger partial charge in [0.1, 0.15) is 18.1 Å². The second-order valence-corrected chi connectivity index (χ2v) is 8.52. The first-order valence-corrected chi connectivity index (χ1v) is 11.5. The van der Waals surface area contributed by atoms with Crippen LogP contribution in [0.3, 0.4) is 0 Å². The van der Waals surface area contributed by atoms with Gasteiger partial charge in [-0.2, -0.15) is 13.2 Å². The molecule has 2 aromatic carbocycles. The van der Waals surface area contributed by atoms with E-state index < -0.39 is 17.6 Å². The van der Waals surface area contributed by atoms with E-state index in [4.69, 9.17) is 9.15 Å². The molecule has 0 aliphatic carbocycles. The number of ether oxygens (including phenoxy) is 1. The van der Waals surface area contributed by atoms with Crippen LogP contribution in [-0.4, -0.2) is 26.4 Å². The average Bonchev–Trinajstić information content (AvgIpc) is 3.47. The highest BCUT2D eigenvalue weighted by atomic mass is 32.2. The van der Waals surface area contributed by atoms with Crippen molar-refractivity contribution < 1.29 is 27.1 Å². The Labute approximate surface area is 203 Å². The number of rotatable bonds is 9. The largest absolute Gasteiger partial charge is 0.486 e. The van der Waals surface area contributed by atoms with Crippen molar-refractivity contribution in [2.24, 2.45) is 0 Å². The van der Waals surface area contributed by atoms with Crippen molar-refractivity contribution >= 4 is 23.4 Å². The highest BCUT2D eigenvalue weighted by molar-refractivity contribution is 7.99. The number of aromatic nitrogens is 3. The molecule has 2 heterocycles. The van der Waals surface area contributed by atoms with Gasteiger partial charge in [0.05, 0.1) is 24.1 Å². The first-order valence-electron chi connectivity index (χ1n) is 10.5. The standard InChI is InChI=1S/C24H21F3N4O3S/c1-16-7-9-19(10-8-16)34-14-21-29-30-23(31(21)13-20-6-3-11-33-20)35-15-22(32)28-18-5-2-4-17(12-18)24(25,26)27/h2-12H,13-15H2,1H3,(H,28,32). The van der Waals surface area contributed by atoms with Crippen LogP contribution in [0, 0.1) is 6.92 Å². The number of nitrogens with zero attached hydrogens (tertiary/aromatic N) is 3. The minimum absolute atomic E-state index is 0.0645. The number of halogens is 3. The third-order valence-corrected chi connectivity index (χ3v) is 5.85. The van der Waals surface area contributed by atoms with Gasteiger partial charge in [-0.3, -0.25) is 9.36 Å². The second kappa shape index (κ2) is 10.7. The molecule has 7 nitrogen and oxygen atoms in total. The van der Waals surface area contributed by atoms with Gasteiger partial charge in [0.15, 0.2) is 11.0 Å². The fourth-order valence-electron chi connectivity index (χ4n) is 3.13. The van der Waals surface area contributed by atoms with Crippen molar-refractivity contribution in [1.29, 1.82) is 0 Å². The summed E-state index contributed by atoms with van der Waals surface area (Å²) in [6.07, 6.45) is -2.94. The lowest BCUT2D eigenvalue weighted by Crippen LogP contribution is -2.16. The molecule has 0 atom stereocenters. The van der Waals surface area contributed by atoms with E-state index in [1.165, 1.54) is 12.1 Å². The number of nitrogens with one attached hydrogen (secondary N) is 1. The van der Waals surface area contributed by atoms with Crippen LogP contribution in [0.5, 0.6) is 5.75 Å². The normalized spacial score (nSPS) is 11.4. The molecule has 4 aromatic rings. The molecular formula is C24H21F3N4O3S. The molecule has 0 saturated heterocycles. The predicted molar refractivity (Wildman–Crippen MR) is 124 cm³/mol. The van der Waals surface area contributed by atoms with Crippen LogP contribution < -0.4 is 10.1 Å². The summed E-state index contributed by atoms with van der Waals surface area (Å²) in [5.74, 6) is 1.32. The smallest absolute Gasteiger partial charge is 0.416 e. The fraction of sp³-hybridized carbons (Fsp3) is 0.208. The fourth-order valence-corrected chi connectivity index (χ4v) is 3.89. The van der Waals surface area contributed by atoms with Crippen LogP contribution in [0.4, 0.5) is 18.9 Å². The first-order chi connectivity index (χ1) is 16.8. The summed E-state index contributed by atoms with van der Waals surface area (Å²) in [5.41, 5.74) is 0.342. The molecule has 0 spiro atoms. The molecule has 0 aliphatic rings. The summed E-state index contributed by atoms with van der Waals surface area (Å²) < 4.78 is 51.8. The number of amides is 1. The molecule has 1 N–H and O–H groups in total. The molecule has 0 fully saturated rings. The van der Waals surface area contributed by atoms with Crippen LogP contribution in [0.1, 0.15) is 22.7 Å². The molecule has 0 saturated carbocycles. The van der Waals surface area contributed by atoms with Crippen LogP contribution in [-0.2, 0) is 24.1 Å². The van der Waals surface area contributed by atoms with E-state index in [1.54, 1.807) is 23.0 Å². The van der Waals surface area contributed by atoms with Crippen molar-refractivity contribution in [3.63, 3.8) is 0 Å². The van der Waals surface area contributed by atoms with Crippen molar-refractivity contribution in [2.75, 3.05) is 11.1 Å². The predicted octanol–water partition coefficient (Wildman–Crippen LogP) is 5.56. The minimum atomic E-state index is -4.49. The molecule has 0 bridgehead atoms. The van der Waals surface area contributed by atoms with E-state index in [-0.39, 0.29) is 18.0 Å². The Bertz CT molecular complexity index is 1270. The summed E-state index contributed by atoms with van der Waals surface area (Å²) >= 11 is 1.11. The number of carbonyl (C=O) groups is 1. The van der Waals surface area contributed by atoms with E-state index in [0.717, 1.165) is 29.5 Å². The monoisotopic (exact) mass is 502 g/mol. The number of furan rings is 1. The number of anilines is 1. The lowest BCUT2D eigenvalue weighted by Gasteiger charge is -2.11. The number of thioether (sulfide) groups is 1. The van der Waals surface area contributed by atoms with E-state index in [9.17, 15) is 18.0 Å². The Morgan fingerprint density at radius 1 is 1.11 bits per heavy atom. The maximum atomic E-state index is 12.9. The van der Waals surface area contributed by atoms with Gasteiger partial charge in [-0.25, -0.2) is 0 Å². The van der Waals surface area contributed by atoms with E-state index in [2.05, 4.69) is 15.5 Å². The molecule has 0 radical (unpaired) electrons. The zero-order chi connectivity index (χ0) is 24.8. The number of alkyl halides is 3. The quantitative estimate of drug-likeness (QED) is 0.302. The van der Waals surface area contributed by atoms with Gasteiger partial charge in [-0.15, -0.1) is 10.2 Å². The molecule has 0 unspecified atom stereocenters. The number of hydrogen-bond acceptors (Lipinski definition) is 6. The van der Waals surface area contributed by atoms with Crippen molar-refractivity contribution in [3.05, 3.63) is 89.6 Å². The SMILES string of the molecule is Cc1ccc(OCc2nnc(SCC(=O)Nc3cccc(C(F)(F)F)c3)n2Cc2ccco2)cc1. The van der Waals surface area contributed by atoms with Crippen LogP contribution in [0.25, 0.3) is 0 Å². The van der Waals surface area contributed by atoms with Gasteiger partial charge in [0, 0.05) is 5.69 Å². The first kappa shape index (κ1) is 24.4. The summed E-state index contributed by atoms with van der Waals surface area (Å²) in [6.45, 7) is 2.45. The zero-order valence-electron chi connectivity index (χ0n) is 18.6. The Morgan fingerprint density at radius 2 is 1.91 bits per heavy atom. The maximum absolute atomic E-state index is 12.9. The number of carbonyl (C=O) groups excluding carboxylic acids is 1. The Hall–Kier alpha value is -3.73. The summed E-state index contributed by atoms with van der Waals surface area (Å²) in [7, 11) is 0. The van der Waals surface area contributed by atoms with Gasteiger partial charge >= 0.3 is 6.18 Å². The third kappa shape index (κ3) is 6.66. The number of aryl methyl sites for hydroxylation is 1. The molecule has 11 heteroatoms. The van der Waals surface area contributed by atoms with Crippen molar-refractivity contribution in [1.82, 2.24) is 14.8 Å². The minimum Gasteiger partial charge on any atom is -0.486 e. The Kier molecular flexibility index (Phi) is 7.45.